The second kappa shape index (κ2) is 6.83. The summed E-state index contributed by atoms with van der Waals surface area (Å²) >= 11 is 0. The Kier molecular flexibility index (Phi) is 4.72. The summed E-state index contributed by atoms with van der Waals surface area (Å²) in [5.41, 5.74) is -0.462. The van der Waals surface area contributed by atoms with Crippen LogP contribution in [0.2, 0.25) is 0 Å². The molecule has 1 heterocycles. The fourth-order valence-electron chi connectivity index (χ4n) is 6.37. The predicted octanol–water partition coefficient (Wildman–Crippen LogP) is -0.257. The van der Waals surface area contributed by atoms with Crippen LogP contribution < -0.4 is 10.2 Å². The van der Waals surface area contributed by atoms with Crippen molar-refractivity contribution in [3.63, 3.8) is 0 Å². The topological polar surface area (TPSA) is 91.2 Å². The molecule has 0 aromatic rings. The third-order valence-electron chi connectivity index (χ3n) is 6.87. The van der Waals surface area contributed by atoms with Gasteiger partial charge < -0.3 is 10.2 Å². The number of rotatable bonds is 6. The average molecular weight is 391 g/mol. The Bertz CT molecular complexity index is 684. The molecule has 5 aliphatic rings. The quantitative estimate of drug-likeness (QED) is 0.482. The first kappa shape index (κ1) is 19.4. The van der Waals surface area contributed by atoms with Gasteiger partial charge in [-0.3, -0.25) is 14.4 Å². The molecule has 8 heteroatoms. The molecule has 0 aromatic carbocycles. The van der Waals surface area contributed by atoms with Gasteiger partial charge in [0, 0.05) is 6.04 Å². The molecule has 0 spiro atoms. The molecule has 8 nitrogen and oxygen atoms in total. The number of amides is 5. The fourth-order valence-corrected chi connectivity index (χ4v) is 6.37. The van der Waals surface area contributed by atoms with Crippen LogP contribution in [0.1, 0.15) is 52.4 Å². The highest BCUT2D eigenvalue weighted by molar-refractivity contribution is 6.44. The molecule has 0 radical (unpaired) electrons. The van der Waals surface area contributed by atoms with Crippen LogP contribution in [0.15, 0.2) is 0 Å². The molecule has 2 N–H and O–H groups in total. The van der Waals surface area contributed by atoms with Gasteiger partial charge in [0.2, 0.25) is 0 Å². The third-order valence-corrected chi connectivity index (χ3v) is 6.87. The Balaban J connectivity index is 1.47. The summed E-state index contributed by atoms with van der Waals surface area (Å²) in [5.74, 6) is 0.156. The van der Waals surface area contributed by atoms with Gasteiger partial charge in [0.1, 0.15) is 0 Å². The maximum atomic E-state index is 13.1. The maximum absolute atomic E-state index is 13.1. The van der Waals surface area contributed by atoms with E-state index < -0.39 is 23.4 Å². The van der Waals surface area contributed by atoms with Crippen molar-refractivity contribution in [2.24, 2.45) is 17.8 Å². The van der Waals surface area contributed by atoms with E-state index in [9.17, 15) is 19.2 Å². The van der Waals surface area contributed by atoms with Crippen molar-refractivity contribution in [1.29, 1.82) is 0 Å². The normalized spacial score (nSPS) is 35.3. The van der Waals surface area contributed by atoms with Crippen LogP contribution in [-0.4, -0.2) is 65.4 Å². The lowest BCUT2D eigenvalue weighted by molar-refractivity contribution is -0.879. The number of nitrogens with one attached hydrogen (secondary N) is 2. The zero-order valence-corrected chi connectivity index (χ0v) is 17.0. The number of likely N-dealkylation sites (N-methyl/N-ethyl adjacent to an activating group) is 1. The van der Waals surface area contributed by atoms with E-state index in [0.29, 0.717) is 22.7 Å². The summed E-state index contributed by atoms with van der Waals surface area (Å²) < 4.78 is 0. The molecule has 5 amide bonds. The molecule has 4 aliphatic carbocycles. The number of hydrogen-bond acceptors (Lipinski definition) is 4. The van der Waals surface area contributed by atoms with E-state index in [1.54, 1.807) is 7.05 Å². The van der Waals surface area contributed by atoms with Crippen LogP contribution in [0.5, 0.6) is 0 Å². The first-order valence-corrected chi connectivity index (χ1v) is 10.5. The SMILES string of the molecule is CC(C)NC(=O)C[NH+](C)CN1C(=O)C(=O)N(C23CC4CC(CC(C4)C2)C3)C1=O. The molecule has 5 rings (SSSR count). The first-order valence-electron chi connectivity index (χ1n) is 10.5. The van der Waals surface area contributed by atoms with Crippen LogP contribution in [0.4, 0.5) is 4.79 Å². The van der Waals surface area contributed by atoms with E-state index >= 15 is 0 Å². The summed E-state index contributed by atoms with van der Waals surface area (Å²) in [7, 11) is 1.75. The zero-order chi connectivity index (χ0) is 20.2. The molecule has 1 saturated heterocycles. The lowest BCUT2D eigenvalue weighted by atomic mass is 9.52. The average Bonchev–Trinajstić information content (AvgIpc) is 2.76. The molecule has 28 heavy (non-hydrogen) atoms. The van der Waals surface area contributed by atoms with Crippen molar-refractivity contribution in [3.05, 3.63) is 0 Å². The Labute approximate surface area is 165 Å². The smallest absolute Gasteiger partial charge is 0.339 e. The summed E-state index contributed by atoms with van der Waals surface area (Å²) in [6.07, 6.45) is 6.13. The maximum Gasteiger partial charge on any atom is 0.339 e. The number of quaternary nitrogens is 1. The van der Waals surface area contributed by atoms with Gasteiger partial charge in [-0.25, -0.2) is 14.6 Å². The summed E-state index contributed by atoms with van der Waals surface area (Å²) in [6.45, 7) is 3.92. The second-order valence-corrected chi connectivity index (χ2v) is 9.81. The highest BCUT2D eigenvalue weighted by Crippen LogP contribution is 2.58. The third kappa shape index (κ3) is 3.21. The first-order chi connectivity index (χ1) is 13.2. The van der Waals surface area contributed by atoms with Gasteiger partial charge in [-0.05, 0) is 70.1 Å². The number of urea groups is 1. The van der Waals surface area contributed by atoms with Gasteiger partial charge >= 0.3 is 17.8 Å². The molecular formula is C20H31N4O4+. The standard InChI is InChI=1S/C20H30N4O4/c1-12(2)21-16(25)10-22(3)11-23-17(26)18(27)24(19(23)28)20-7-13-4-14(8-20)6-15(5-13)9-20/h12-15H,4-11H2,1-3H3,(H,21,25)/p+1. The van der Waals surface area contributed by atoms with E-state index in [1.807, 2.05) is 13.8 Å². The van der Waals surface area contributed by atoms with Gasteiger partial charge in [-0.15, -0.1) is 0 Å². The van der Waals surface area contributed by atoms with Gasteiger partial charge in [-0.1, -0.05) is 0 Å². The van der Waals surface area contributed by atoms with E-state index in [4.69, 9.17) is 0 Å². The van der Waals surface area contributed by atoms with E-state index in [1.165, 1.54) is 24.2 Å². The second-order valence-electron chi connectivity index (χ2n) is 9.81. The highest BCUT2D eigenvalue weighted by Gasteiger charge is 2.61. The minimum Gasteiger partial charge on any atom is -0.349 e. The molecule has 5 fully saturated rings. The number of carbonyl (C=O) groups is 4. The predicted molar refractivity (Wildman–Crippen MR) is 99.9 cm³/mol. The molecule has 0 aromatic heterocycles. The van der Waals surface area contributed by atoms with Crippen molar-refractivity contribution in [2.75, 3.05) is 20.3 Å². The molecule has 4 bridgehead atoms. The summed E-state index contributed by atoms with van der Waals surface area (Å²) in [6, 6.07) is -0.455. The molecule has 4 saturated carbocycles. The van der Waals surface area contributed by atoms with Crippen molar-refractivity contribution < 1.29 is 24.1 Å². The van der Waals surface area contributed by atoms with Gasteiger partial charge in [0.15, 0.2) is 13.2 Å². The molecule has 1 aliphatic heterocycles. The Morgan fingerprint density at radius 2 is 1.61 bits per heavy atom. The minimum atomic E-state index is -0.746. The molecule has 154 valence electrons. The van der Waals surface area contributed by atoms with Gasteiger partial charge in [-0.2, -0.15) is 0 Å². The minimum absolute atomic E-state index is 0.0256. The van der Waals surface area contributed by atoms with Crippen molar-refractivity contribution in [2.45, 2.75) is 64.0 Å². The van der Waals surface area contributed by atoms with Crippen LogP contribution in [-0.2, 0) is 14.4 Å². The zero-order valence-electron chi connectivity index (χ0n) is 17.0. The fraction of sp³-hybridized carbons (Fsp3) is 0.800. The van der Waals surface area contributed by atoms with Crippen LogP contribution in [0, 0.1) is 17.8 Å². The molecule has 1 unspecified atom stereocenters. The molecular weight excluding hydrogens is 360 g/mol. The lowest BCUT2D eigenvalue weighted by Crippen LogP contribution is -3.12. The van der Waals surface area contributed by atoms with Crippen LogP contribution in [0.25, 0.3) is 0 Å². The number of nitrogens with zero attached hydrogens (tertiary/aromatic N) is 2. The summed E-state index contributed by atoms with van der Waals surface area (Å²) in [4.78, 5) is 53.6. The number of hydrogen-bond donors (Lipinski definition) is 2. The largest absolute Gasteiger partial charge is 0.349 e. The van der Waals surface area contributed by atoms with Gasteiger partial charge in [0.25, 0.3) is 5.91 Å². The monoisotopic (exact) mass is 391 g/mol. The number of carbonyl (C=O) groups excluding carboxylic acids is 4. The van der Waals surface area contributed by atoms with E-state index in [2.05, 4.69) is 5.32 Å². The number of imide groups is 2. The highest BCUT2D eigenvalue weighted by atomic mass is 16.2. The Hall–Kier alpha value is -1.96. The van der Waals surface area contributed by atoms with Crippen LogP contribution >= 0.6 is 0 Å². The van der Waals surface area contributed by atoms with Crippen LogP contribution in [0.3, 0.4) is 0 Å². The van der Waals surface area contributed by atoms with Crippen molar-refractivity contribution in [1.82, 2.24) is 15.1 Å². The lowest BCUT2D eigenvalue weighted by Gasteiger charge is -2.58. The Morgan fingerprint density at radius 1 is 1.07 bits per heavy atom. The van der Waals surface area contributed by atoms with Crippen molar-refractivity contribution in [3.8, 4) is 0 Å². The summed E-state index contributed by atoms with van der Waals surface area (Å²) in [5, 5.41) is 2.80. The Morgan fingerprint density at radius 3 is 2.11 bits per heavy atom. The van der Waals surface area contributed by atoms with Gasteiger partial charge in [0.05, 0.1) is 12.6 Å². The van der Waals surface area contributed by atoms with E-state index in [-0.39, 0.29) is 25.2 Å². The van der Waals surface area contributed by atoms with E-state index in [0.717, 1.165) is 24.2 Å². The van der Waals surface area contributed by atoms with Crippen molar-refractivity contribution >= 4 is 23.8 Å². The molecule has 1 atom stereocenters.